The van der Waals surface area contributed by atoms with Crippen LogP contribution in [0.3, 0.4) is 0 Å². The Morgan fingerprint density at radius 2 is 1.45 bits per heavy atom. The lowest BCUT2D eigenvalue weighted by atomic mass is 10.1. The molecule has 2 N–H and O–H groups in total. The van der Waals surface area contributed by atoms with Crippen LogP contribution in [-0.2, 0) is 5.75 Å². The van der Waals surface area contributed by atoms with Crippen LogP contribution in [0.5, 0.6) is 11.5 Å². The molecule has 0 aliphatic heterocycles. The molecule has 0 aromatic heterocycles. The summed E-state index contributed by atoms with van der Waals surface area (Å²) in [5, 5.41) is 15.3. The summed E-state index contributed by atoms with van der Waals surface area (Å²) in [6.07, 6.45) is 0.731. The van der Waals surface area contributed by atoms with Gasteiger partial charge in [0.05, 0.1) is 13.2 Å². The first-order valence-corrected chi connectivity index (χ1v) is 11.0. The molecule has 0 saturated carbocycles. The number of ether oxygens (including phenoxy) is 2. The van der Waals surface area contributed by atoms with E-state index >= 15 is 0 Å². The molecule has 0 saturated heterocycles. The molecule has 5 nitrogen and oxygen atoms in total. The number of hydrogen-bond donors (Lipinski definition) is 2. The predicted molar refractivity (Wildman–Crippen MR) is 126 cm³/mol. The van der Waals surface area contributed by atoms with E-state index in [1.54, 1.807) is 18.2 Å². The van der Waals surface area contributed by atoms with E-state index in [1.807, 2.05) is 42.5 Å². The van der Waals surface area contributed by atoms with Gasteiger partial charge in [-0.05, 0) is 52.7 Å². The fraction of sp³-hybridized carbons (Fsp3) is 0.208. The Balaban J connectivity index is 0.00000166. The number of rotatable bonds is 9. The quantitative estimate of drug-likeness (QED) is 0.361. The number of hydrogen-bond acceptors (Lipinski definition) is 5. The molecule has 3 rings (SSSR count). The predicted octanol–water partition coefficient (Wildman–Crippen LogP) is 6.37. The number of carbonyl (C=O) groups is 1. The van der Waals surface area contributed by atoms with E-state index in [0.29, 0.717) is 29.7 Å². The summed E-state index contributed by atoms with van der Waals surface area (Å²) >= 11 is 6.98. The molecule has 0 aliphatic rings. The molecule has 0 amide bonds. The normalized spacial score (nSPS) is 10.0. The minimum atomic E-state index is -0.920. The molecule has 7 heteroatoms. The molecule has 0 radical (unpaired) electrons. The van der Waals surface area contributed by atoms with Gasteiger partial charge in [-0.25, -0.2) is 4.79 Å². The van der Waals surface area contributed by atoms with Gasteiger partial charge in [-0.3, -0.25) is 0 Å². The lowest BCUT2D eigenvalue weighted by Gasteiger charge is -2.10. The molecule has 3 aromatic rings. The first-order chi connectivity index (χ1) is 15.1. The summed E-state index contributed by atoms with van der Waals surface area (Å²) in [4.78, 5) is 10.6. The van der Waals surface area contributed by atoms with Crippen molar-refractivity contribution in [3.8, 4) is 22.6 Å². The van der Waals surface area contributed by atoms with E-state index in [0.717, 1.165) is 42.2 Å². The fourth-order valence-electron chi connectivity index (χ4n) is 2.69. The van der Waals surface area contributed by atoms with Crippen molar-refractivity contribution in [3.63, 3.8) is 0 Å². The van der Waals surface area contributed by atoms with Gasteiger partial charge in [0, 0.05) is 24.3 Å². The highest BCUT2D eigenvalue weighted by Gasteiger charge is 2.06. The minimum absolute atomic E-state index is 0.325. The smallest absolute Gasteiger partial charge is 0.365 e. The van der Waals surface area contributed by atoms with Crippen molar-refractivity contribution in [1.29, 1.82) is 0 Å². The number of halogens is 1. The van der Waals surface area contributed by atoms with E-state index in [4.69, 9.17) is 31.3 Å². The number of benzene rings is 3. The first kappa shape index (κ1) is 24.6. The van der Waals surface area contributed by atoms with Crippen LogP contribution in [0.25, 0.3) is 11.1 Å². The lowest BCUT2D eigenvalue weighted by molar-refractivity contribution is 0.222. The van der Waals surface area contributed by atoms with Gasteiger partial charge in [0.2, 0.25) is 0 Å². The van der Waals surface area contributed by atoms with E-state index in [9.17, 15) is 4.79 Å². The summed E-state index contributed by atoms with van der Waals surface area (Å²) in [7, 11) is 1.00. The summed E-state index contributed by atoms with van der Waals surface area (Å²) in [6.45, 7) is 1.05. The molecule has 0 bridgehead atoms. The van der Waals surface area contributed by atoms with Crippen molar-refractivity contribution >= 4 is 28.7 Å². The third-order valence-corrected chi connectivity index (χ3v) is 5.22. The van der Waals surface area contributed by atoms with Crippen LogP contribution < -0.4 is 9.47 Å². The van der Waals surface area contributed by atoms with Gasteiger partial charge in [-0.15, -0.1) is 0 Å². The first-order valence-electron chi connectivity index (χ1n) is 9.62. The van der Waals surface area contributed by atoms with E-state index in [2.05, 4.69) is 12.1 Å². The van der Waals surface area contributed by atoms with E-state index < -0.39 is 5.30 Å². The Morgan fingerprint density at radius 1 is 0.871 bits per heavy atom. The Bertz CT molecular complexity index is 932. The lowest BCUT2D eigenvalue weighted by Crippen LogP contribution is -2.05. The summed E-state index contributed by atoms with van der Waals surface area (Å²) < 4.78 is 11.5. The van der Waals surface area contributed by atoms with Crippen LogP contribution in [0.1, 0.15) is 12.0 Å². The molecule has 31 heavy (non-hydrogen) atoms. The third-order valence-electron chi connectivity index (χ3n) is 4.16. The zero-order valence-corrected chi connectivity index (χ0v) is 18.7. The highest BCUT2D eigenvalue weighted by molar-refractivity contribution is 8.12. The average Bonchev–Trinajstić information content (AvgIpc) is 2.80. The zero-order valence-electron chi connectivity index (χ0n) is 17.2. The molecule has 164 valence electrons. The van der Waals surface area contributed by atoms with Crippen LogP contribution in [0.4, 0.5) is 4.79 Å². The molecule has 3 aromatic carbocycles. The van der Waals surface area contributed by atoms with Gasteiger partial charge in [-0.1, -0.05) is 60.1 Å². The second kappa shape index (κ2) is 13.6. The van der Waals surface area contributed by atoms with Crippen LogP contribution in [0.15, 0.2) is 72.8 Å². The number of carboxylic acid groups (broad SMARTS) is 1. The second-order valence-corrected chi connectivity index (χ2v) is 7.58. The highest BCUT2D eigenvalue weighted by Crippen LogP contribution is 2.26. The number of thioether (sulfide) groups is 1. The summed E-state index contributed by atoms with van der Waals surface area (Å²) in [5.41, 5.74) is 3.11. The second-order valence-electron chi connectivity index (χ2n) is 6.25. The maximum absolute atomic E-state index is 10.6. The van der Waals surface area contributed by atoms with Gasteiger partial charge < -0.3 is 19.7 Å². The third kappa shape index (κ3) is 8.53. The number of aliphatic hydroxyl groups is 1. The standard InChI is InChI=1S/C23H21ClO4S.CH4O/c24-22-15-21(12-9-19(22)16-29-23(25)26)28-14-4-13-27-20-10-7-18(8-11-20)17-5-2-1-3-6-17;1-2/h1-3,5-12,15H,4,13-14,16H2,(H,25,26);2H,1H3. The summed E-state index contributed by atoms with van der Waals surface area (Å²) in [6, 6.07) is 23.5. The largest absolute Gasteiger partial charge is 0.493 e. The molecule has 0 unspecified atom stereocenters. The Kier molecular flexibility index (Phi) is 10.8. The minimum Gasteiger partial charge on any atom is -0.493 e. The molecular formula is C24H25ClO5S. The van der Waals surface area contributed by atoms with Gasteiger partial charge in [0.1, 0.15) is 11.5 Å². The number of aliphatic hydroxyl groups excluding tert-OH is 1. The summed E-state index contributed by atoms with van der Waals surface area (Å²) in [5.74, 6) is 1.81. The maximum Gasteiger partial charge on any atom is 0.365 e. The van der Waals surface area contributed by atoms with Gasteiger partial charge >= 0.3 is 5.30 Å². The van der Waals surface area contributed by atoms with Crippen LogP contribution in [-0.4, -0.2) is 35.8 Å². The maximum atomic E-state index is 10.6. The van der Waals surface area contributed by atoms with Gasteiger partial charge in [0.15, 0.2) is 0 Å². The van der Waals surface area contributed by atoms with Crippen molar-refractivity contribution in [2.75, 3.05) is 20.3 Å². The molecule has 0 fully saturated rings. The van der Waals surface area contributed by atoms with Crippen molar-refractivity contribution in [2.45, 2.75) is 12.2 Å². The topological polar surface area (TPSA) is 76.0 Å². The molecular weight excluding hydrogens is 436 g/mol. The molecule has 0 heterocycles. The van der Waals surface area contributed by atoms with Crippen LogP contribution in [0, 0.1) is 0 Å². The molecule has 0 spiro atoms. The van der Waals surface area contributed by atoms with Crippen molar-refractivity contribution in [1.82, 2.24) is 0 Å². The van der Waals surface area contributed by atoms with Gasteiger partial charge in [-0.2, -0.15) is 0 Å². The Morgan fingerprint density at radius 3 is 2.06 bits per heavy atom. The Hall–Kier alpha value is -2.67. The monoisotopic (exact) mass is 460 g/mol. The van der Waals surface area contributed by atoms with Crippen LogP contribution >= 0.6 is 23.4 Å². The van der Waals surface area contributed by atoms with Crippen molar-refractivity contribution in [2.24, 2.45) is 0 Å². The van der Waals surface area contributed by atoms with Crippen LogP contribution in [0.2, 0.25) is 5.02 Å². The van der Waals surface area contributed by atoms with Gasteiger partial charge in [0.25, 0.3) is 0 Å². The van der Waals surface area contributed by atoms with Crippen molar-refractivity contribution < 1.29 is 24.5 Å². The highest BCUT2D eigenvalue weighted by atomic mass is 35.5. The zero-order chi connectivity index (χ0) is 22.5. The van der Waals surface area contributed by atoms with E-state index in [-0.39, 0.29) is 0 Å². The average molecular weight is 461 g/mol. The fourth-order valence-corrected chi connectivity index (χ4v) is 3.53. The Labute approximate surface area is 191 Å². The molecule has 0 atom stereocenters. The van der Waals surface area contributed by atoms with Crippen molar-refractivity contribution in [3.05, 3.63) is 83.4 Å². The van der Waals surface area contributed by atoms with E-state index in [1.165, 1.54) is 5.56 Å². The SMILES string of the molecule is CO.O=C(O)SCc1ccc(OCCCOc2ccc(-c3ccccc3)cc2)cc1Cl. The molecule has 0 aliphatic carbocycles.